The number of carboxylic acids is 1. The molecule has 0 unspecified atom stereocenters. The van der Waals surface area contributed by atoms with Gasteiger partial charge in [-0.25, -0.2) is 0 Å². The van der Waals surface area contributed by atoms with Crippen LogP contribution in [0.3, 0.4) is 0 Å². The lowest BCUT2D eigenvalue weighted by Crippen LogP contribution is -2.64. The molecule has 25 nitrogen and oxygen atoms in total. The van der Waals surface area contributed by atoms with E-state index in [1.165, 1.54) is 75.7 Å². The number of nitrogens with zero attached hydrogens (tertiary/aromatic N) is 6. The Balaban J connectivity index is 7.17. The Labute approximate surface area is 525 Å². The molecular weight excluding hydrogens is 1130 g/mol. The van der Waals surface area contributed by atoms with Gasteiger partial charge in [0.25, 0.3) is 0 Å². The number of hydrogen-bond acceptors (Lipinski definition) is 14. The molecule has 0 aromatic heterocycles. The fourth-order valence-corrected chi connectivity index (χ4v) is 10.6. The number of carboxylic acid groups (broad SMARTS) is 1. The number of amides is 10. The first kappa shape index (κ1) is 81.3. The summed E-state index contributed by atoms with van der Waals surface area (Å²) in [5.74, 6) is -10.5. The molecule has 25 heteroatoms. The van der Waals surface area contributed by atoms with Crippen molar-refractivity contribution < 1.29 is 67.4 Å². The topological polar surface area (TPSA) is 314 Å². The van der Waals surface area contributed by atoms with E-state index in [2.05, 4.69) is 26.6 Å². The highest BCUT2D eigenvalue weighted by molar-refractivity contribution is 5.99. The van der Waals surface area contributed by atoms with Crippen molar-refractivity contribution >= 4 is 71.0 Å². The molecule has 0 aromatic carbocycles. The number of ether oxygens (including phenoxy) is 1. The van der Waals surface area contributed by atoms with Crippen molar-refractivity contribution in [3.63, 3.8) is 0 Å². The molecule has 0 aliphatic carbocycles. The van der Waals surface area contributed by atoms with Crippen LogP contribution in [0.4, 0.5) is 0 Å². The van der Waals surface area contributed by atoms with Crippen LogP contribution in [0.25, 0.3) is 0 Å². The fraction of sp³-hybridized carbons (Fsp3) is 0.778. The molecular formula is C63H113N11O14. The van der Waals surface area contributed by atoms with Crippen molar-refractivity contribution in [2.45, 2.75) is 223 Å². The normalized spacial score (nSPS) is 15.8. The maximum atomic E-state index is 15.2. The van der Waals surface area contributed by atoms with Crippen LogP contribution in [0, 0.1) is 41.4 Å². The van der Waals surface area contributed by atoms with Crippen molar-refractivity contribution in [2.75, 3.05) is 55.9 Å². The first-order chi connectivity index (χ1) is 40.6. The summed E-state index contributed by atoms with van der Waals surface area (Å²) < 4.78 is 5.82. The highest BCUT2D eigenvalue weighted by Gasteiger charge is 2.46. The average molecular weight is 1250 g/mol. The quantitative estimate of drug-likeness (QED) is 0.0384. The van der Waals surface area contributed by atoms with E-state index in [9.17, 15) is 48.3 Å². The Morgan fingerprint density at radius 2 is 0.920 bits per heavy atom. The molecule has 6 N–H and O–H groups in total. The Kier molecular flexibility index (Phi) is 35.1. The van der Waals surface area contributed by atoms with Gasteiger partial charge in [-0.2, -0.15) is 0 Å². The molecule has 0 radical (unpaired) electrons. The molecule has 10 amide bonds. The molecule has 504 valence electrons. The molecule has 0 bridgehead atoms. The van der Waals surface area contributed by atoms with E-state index in [1.54, 1.807) is 67.7 Å². The van der Waals surface area contributed by atoms with Crippen LogP contribution < -0.4 is 26.6 Å². The highest BCUT2D eigenvalue weighted by atomic mass is 16.5. The van der Waals surface area contributed by atoms with Crippen molar-refractivity contribution in [3.05, 3.63) is 12.2 Å². The van der Waals surface area contributed by atoms with Crippen LogP contribution in [-0.2, 0) is 62.3 Å². The van der Waals surface area contributed by atoms with Crippen LogP contribution in [0.2, 0.25) is 0 Å². The standard InChI is InChI=1S/C63H113N11O14/c1-26-28-29-40(15)53(88-43(18)75)52(57(81)67-44(27-2)59(83)69(20)33-48(76)77)74(25)63(87)51(39(13)14)73(24)61(85)47(32-36(7)8)72(23)60(84)46(31-35(5)6)71(22)58(82)42(17)66-54(78)41(16)65-55(79)45(30-34(3)4)70(21)62(86)50(38(11)12)68-56(80)49(64-19)37(9)10/h26,28,34-42,44-47,49-53,64H,27,29-33H2,1-25H3,(H,65,79)(H,66,78)(H,67,81)(H,68,80)(H,76,77)/b28-26+/t40-,41-,42+,44+,45+,46+,47+,49+,50+,51+,52+,53-/m1/s1. The number of nitrogens with one attached hydrogen (secondary N) is 5. The zero-order chi connectivity index (χ0) is 68.7. The van der Waals surface area contributed by atoms with E-state index in [1.807, 2.05) is 55.4 Å². The van der Waals surface area contributed by atoms with E-state index in [4.69, 9.17) is 4.74 Å². The lowest BCUT2D eigenvalue weighted by molar-refractivity contribution is -0.164. The van der Waals surface area contributed by atoms with Gasteiger partial charge in [0.15, 0.2) is 0 Å². The lowest BCUT2D eigenvalue weighted by atomic mass is 9.91. The molecule has 0 aliphatic heterocycles. The Bertz CT molecular complexity index is 2400. The summed E-state index contributed by atoms with van der Waals surface area (Å²) in [5, 5.41) is 23.3. The van der Waals surface area contributed by atoms with Gasteiger partial charge < -0.3 is 65.8 Å². The number of likely N-dealkylation sites (N-methyl/N-ethyl adjacent to an activating group) is 7. The monoisotopic (exact) mass is 1250 g/mol. The van der Waals surface area contributed by atoms with Crippen LogP contribution in [0.15, 0.2) is 12.2 Å². The van der Waals surface area contributed by atoms with Gasteiger partial charge in [0.05, 0.1) is 6.04 Å². The third kappa shape index (κ3) is 24.4. The van der Waals surface area contributed by atoms with E-state index in [0.29, 0.717) is 6.42 Å². The van der Waals surface area contributed by atoms with E-state index in [0.717, 1.165) is 16.7 Å². The second-order valence-electron chi connectivity index (χ2n) is 25.9. The van der Waals surface area contributed by atoms with Crippen LogP contribution in [0.5, 0.6) is 0 Å². The second kappa shape index (κ2) is 38.0. The zero-order valence-corrected chi connectivity index (χ0v) is 57.7. The third-order valence-corrected chi connectivity index (χ3v) is 15.7. The predicted octanol–water partition coefficient (Wildman–Crippen LogP) is 3.28. The first-order valence-electron chi connectivity index (χ1n) is 31.0. The van der Waals surface area contributed by atoms with E-state index < -0.39 is 150 Å². The third-order valence-electron chi connectivity index (χ3n) is 15.7. The molecule has 0 spiro atoms. The second-order valence-corrected chi connectivity index (χ2v) is 25.9. The molecule has 0 aromatic rings. The molecule has 0 saturated heterocycles. The Hall–Kier alpha value is -6.66. The summed E-state index contributed by atoms with van der Waals surface area (Å²) in [6, 6.07) is -11.5. The largest absolute Gasteiger partial charge is 0.480 e. The molecule has 0 fully saturated rings. The Morgan fingerprint density at radius 1 is 0.477 bits per heavy atom. The van der Waals surface area contributed by atoms with Crippen LogP contribution >= 0.6 is 0 Å². The minimum absolute atomic E-state index is 0.0317. The van der Waals surface area contributed by atoms with Gasteiger partial charge in [-0.1, -0.05) is 109 Å². The number of hydrogen-bond donors (Lipinski definition) is 6. The van der Waals surface area contributed by atoms with Gasteiger partial charge in [-0.3, -0.25) is 57.5 Å². The molecule has 88 heavy (non-hydrogen) atoms. The van der Waals surface area contributed by atoms with Gasteiger partial charge >= 0.3 is 11.9 Å². The number of allylic oxidation sites excluding steroid dienone is 2. The summed E-state index contributed by atoms with van der Waals surface area (Å²) >= 11 is 0. The summed E-state index contributed by atoms with van der Waals surface area (Å²) in [7, 11) is 10.0. The summed E-state index contributed by atoms with van der Waals surface area (Å²) in [4.78, 5) is 174. The summed E-state index contributed by atoms with van der Waals surface area (Å²) in [5.41, 5.74) is 0. The minimum Gasteiger partial charge on any atom is -0.480 e. The first-order valence-corrected chi connectivity index (χ1v) is 31.0. The molecule has 0 aliphatic rings. The van der Waals surface area contributed by atoms with E-state index >= 15 is 14.4 Å². The average Bonchev–Trinajstić information content (AvgIpc) is 2.07. The summed E-state index contributed by atoms with van der Waals surface area (Å²) in [6.45, 7) is 30.4. The number of aliphatic carboxylic acids is 1. The van der Waals surface area contributed by atoms with Gasteiger partial charge in [0.1, 0.15) is 67.0 Å². The number of carbonyl (C=O) groups is 12. The minimum atomic E-state index is -1.58. The SMILES string of the molecule is C/C=C/C[C@@H](C)[C@@H](OC(C)=O)[C@@H](C(=O)N[C@@H](CC)C(=O)N(C)CC(=O)O)N(C)C(=O)[C@H](C(C)C)N(C)C(=O)[C@H](CC(C)C)N(C)C(=O)[C@H](CC(C)C)N(C)C(=O)[C@H](C)NC(=O)[C@@H](C)NC(=O)[C@H](CC(C)C)N(C)C(=O)[C@@H](NC(=O)[C@@H](NC)C(C)C)C(C)C. The molecule has 0 rings (SSSR count). The van der Waals surface area contributed by atoms with E-state index in [-0.39, 0.29) is 61.2 Å². The Morgan fingerprint density at radius 3 is 1.34 bits per heavy atom. The van der Waals surface area contributed by atoms with Crippen LogP contribution in [0.1, 0.15) is 157 Å². The number of esters is 1. The van der Waals surface area contributed by atoms with Crippen LogP contribution in [-0.4, -0.2) is 228 Å². The van der Waals surface area contributed by atoms with Gasteiger partial charge in [-0.05, 0) is 101 Å². The molecule has 0 heterocycles. The zero-order valence-electron chi connectivity index (χ0n) is 57.7. The van der Waals surface area contributed by atoms with Gasteiger partial charge in [0.2, 0.25) is 59.1 Å². The van der Waals surface area contributed by atoms with Crippen molar-refractivity contribution in [1.29, 1.82) is 0 Å². The number of rotatable bonds is 37. The summed E-state index contributed by atoms with van der Waals surface area (Å²) in [6.07, 6.45) is 3.08. The number of carbonyl (C=O) groups excluding carboxylic acids is 11. The fourth-order valence-electron chi connectivity index (χ4n) is 10.6. The maximum absolute atomic E-state index is 15.2. The smallest absolute Gasteiger partial charge is 0.323 e. The maximum Gasteiger partial charge on any atom is 0.323 e. The van der Waals surface area contributed by atoms with Crippen molar-refractivity contribution in [3.8, 4) is 0 Å². The van der Waals surface area contributed by atoms with Crippen molar-refractivity contribution in [2.24, 2.45) is 41.4 Å². The van der Waals surface area contributed by atoms with Crippen molar-refractivity contribution in [1.82, 2.24) is 56.0 Å². The van der Waals surface area contributed by atoms with Gasteiger partial charge in [-0.15, -0.1) is 0 Å². The van der Waals surface area contributed by atoms with Gasteiger partial charge in [0, 0.05) is 49.2 Å². The lowest BCUT2D eigenvalue weighted by Gasteiger charge is -2.42. The molecule has 12 atom stereocenters. The molecule has 0 saturated carbocycles. The predicted molar refractivity (Wildman–Crippen MR) is 337 cm³/mol. The highest BCUT2D eigenvalue weighted by Crippen LogP contribution is 2.26.